The second kappa shape index (κ2) is 3.95. The molecule has 1 aromatic rings. The topological polar surface area (TPSA) is 51.0 Å². The maximum absolute atomic E-state index is 12.1. The van der Waals surface area contributed by atoms with Crippen molar-refractivity contribution >= 4 is 0 Å². The van der Waals surface area contributed by atoms with Gasteiger partial charge in [0.1, 0.15) is 0 Å². The summed E-state index contributed by atoms with van der Waals surface area (Å²) in [6.45, 7) is 1.80. The number of nitrogens with zero attached hydrogens (tertiary/aromatic N) is 2. The van der Waals surface area contributed by atoms with Crippen LogP contribution in [0.4, 0.5) is 13.2 Å². The number of rotatable bonds is 3. The van der Waals surface area contributed by atoms with Crippen molar-refractivity contribution in [1.29, 1.82) is 0 Å². The van der Waals surface area contributed by atoms with Crippen LogP contribution in [0.25, 0.3) is 0 Å². The van der Waals surface area contributed by atoms with Crippen LogP contribution in [0.5, 0.6) is 0 Å². The van der Waals surface area contributed by atoms with Crippen molar-refractivity contribution in [2.24, 2.45) is 0 Å². The average Bonchev–Trinajstić information content (AvgIpc) is 2.54. The highest BCUT2D eigenvalue weighted by Crippen LogP contribution is 2.29. The largest absolute Gasteiger partial charge is 0.470 e. The molecule has 0 aliphatic heterocycles. The lowest BCUT2D eigenvalue weighted by Crippen LogP contribution is -2.15. The second-order valence-electron chi connectivity index (χ2n) is 2.69. The third kappa shape index (κ3) is 2.22. The zero-order chi connectivity index (χ0) is 10.8. The van der Waals surface area contributed by atoms with E-state index in [0.29, 0.717) is 6.42 Å². The molecule has 80 valence electrons. The number of hydrogen-bond acceptors (Lipinski definition) is 4. The minimum Gasteiger partial charge on any atom is -0.416 e. The lowest BCUT2D eigenvalue weighted by Gasteiger charge is -2.07. The minimum absolute atomic E-state index is 0.0395. The van der Waals surface area contributed by atoms with Crippen LogP contribution in [0.3, 0.4) is 0 Å². The van der Waals surface area contributed by atoms with Crippen molar-refractivity contribution in [1.82, 2.24) is 15.5 Å². The SMILES string of the molecule is CCC(NC)c1nnc(C(F)(F)F)o1. The molecule has 4 nitrogen and oxygen atoms in total. The molecule has 14 heavy (non-hydrogen) atoms. The van der Waals surface area contributed by atoms with Crippen molar-refractivity contribution in [3.63, 3.8) is 0 Å². The Labute approximate surface area is 78.5 Å². The molecule has 0 saturated carbocycles. The molecule has 0 radical (unpaired) electrons. The van der Waals surface area contributed by atoms with E-state index >= 15 is 0 Å². The summed E-state index contributed by atoms with van der Waals surface area (Å²) in [5.74, 6) is -1.34. The molecule has 1 aromatic heterocycles. The van der Waals surface area contributed by atoms with Crippen LogP contribution in [0.1, 0.15) is 31.2 Å². The first-order chi connectivity index (χ1) is 6.49. The van der Waals surface area contributed by atoms with Gasteiger partial charge in [-0.2, -0.15) is 13.2 Å². The van der Waals surface area contributed by atoms with Gasteiger partial charge >= 0.3 is 12.1 Å². The summed E-state index contributed by atoms with van der Waals surface area (Å²) in [7, 11) is 1.62. The van der Waals surface area contributed by atoms with E-state index in [4.69, 9.17) is 0 Å². The summed E-state index contributed by atoms with van der Waals surface area (Å²) in [6, 6.07) is -0.335. The Morgan fingerprint density at radius 2 is 2.07 bits per heavy atom. The van der Waals surface area contributed by atoms with Gasteiger partial charge in [-0.3, -0.25) is 0 Å². The minimum atomic E-state index is -4.57. The highest BCUT2D eigenvalue weighted by molar-refractivity contribution is 4.91. The zero-order valence-corrected chi connectivity index (χ0v) is 7.72. The molecule has 0 saturated heterocycles. The lowest BCUT2D eigenvalue weighted by atomic mass is 10.2. The van der Waals surface area contributed by atoms with E-state index < -0.39 is 12.1 Å². The Balaban J connectivity index is 2.87. The Kier molecular flexibility index (Phi) is 3.10. The number of aromatic nitrogens is 2. The highest BCUT2D eigenvalue weighted by atomic mass is 19.4. The fraction of sp³-hybridized carbons (Fsp3) is 0.714. The van der Waals surface area contributed by atoms with Gasteiger partial charge in [0.2, 0.25) is 5.89 Å². The number of hydrogen-bond donors (Lipinski definition) is 1. The quantitative estimate of drug-likeness (QED) is 0.824. The number of alkyl halides is 3. The van der Waals surface area contributed by atoms with Gasteiger partial charge in [0.25, 0.3) is 0 Å². The van der Waals surface area contributed by atoms with Crippen molar-refractivity contribution in [3.05, 3.63) is 11.8 Å². The molecule has 1 heterocycles. The van der Waals surface area contributed by atoms with Gasteiger partial charge < -0.3 is 9.73 Å². The van der Waals surface area contributed by atoms with E-state index in [1.54, 1.807) is 14.0 Å². The Morgan fingerprint density at radius 3 is 2.43 bits per heavy atom. The molecule has 0 aromatic carbocycles. The molecular formula is C7H10F3N3O. The van der Waals surface area contributed by atoms with Gasteiger partial charge in [-0.1, -0.05) is 6.92 Å². The van der Waals surface area contributed by atoms with Gasteiger partial charge in [-0.05, 0) is 13.5 Å². The first kappa shape index (κ1) is 11.0. The Morgan fingerprint density at radius 1 is 1.43 bits per heavy atom. The van der Waals surface area contributed by atoms with Gasteiger partial charge in [0.05, 0.1) is 6.04 Å². The van der Waals surface area contributed by atoms with Crippen molar-refractivity contribution in [2.45, 2.75) is 25.6 Å². The van der Waals surface area contributed by atoms with Crippen molar-refractivity contribution in [3.8, 4) is 0 Å². The standard InChI is InChI=1S/C7H10F3N3O/c1-3-4(11-2)5-12-13-6(14-5)7(8,9)10/h4,11H,3H2,1-2H3. The fourth-order valence-corrected chi connectivity index (χ4v) is 0.992. The number of halogens is 3. The average molecular weight is 209 g/mol. The predicted octanol–water partition coefficient (Wildman–Crippen LogP) is 1.76. The monoisotopic (exact) mass is 209 g/mol. The lowest BCUT2D eigenvalue weighted by molar-refractivity contribution is -0.157. The van der Waals surface area contributed by atoms with E-state index in [2.05, 4.69) is 19.9 Å². The van der Waals surface area contributed by atoms with E-state index in [1.807, 2.05) is 0 Å². The molecule has 0 amide bonds. The smallest absolute Gasteiger partial charge is 0.416 e. The summed E-state index contributed by atoms with van der Waals surface area (Å²) < 4.78 is 40.6. The normalized spacial score (nSPS) is 14.4. The van der Waals surface area contributed by atoms with Crippen molar-refractivity contribution < 1.29 is 17.6 Å². The molecular weight excluding hydrogens is 199 g/mol. The molecule has 0 fully saturated rings. The van der Waals surface area contributed by atoms with Gasteiger partial charge in [-0.15, -0.1) is 10.2 Å². The second-order valence-corrected chi connectivity index (χ2v) is 2.69. The van der Waals surface area contributed by atoms with Crippen LogP contribution in [0.15, 0.2) is 4.42 Å². The van der Waals surface area contributed by atoms with E-state index in [0.717, 1.165) is 0 Å². The molecule has 0 spiro atoms. The van der Waals surface area contributed by atoms with Gasteiger partial charge in [0.15, 0.2) is 0 Å². The van der Waals surface area contributed by atoms with Crippen molar-refractivity contribution in [2.75, 3.05) is 7.05 Å². The van der Waals surface area contributed by atoms with Crippen LogP contribution < -0.4 is 5.32 Å². The summed E-state index contributed by atoms with van der Waals surface area (Å²) in [5.41, 5.74) is 0. The summed E-state index contributed by atoms with van der Waals surface area (Å²) in [5, 5.41) is 9.02. The van der Waals surface area contributed by atoms with Crippen LogP contribution in [-0.4, -0.2) is 17.2 Å². The molecule has 1 atom stereocenters. The van der Waals surface area contributed by atoms with Crippen LogP contribution in [-0.2, 0) is 6.18 Å². The van der Waals surface area contributed by atoms with Gasteiger partial charge in [-0.25, -0.2) is 0 Å². The van der Waals surface area contributed by atoms with E-state index in [-0.39, 0.29) is 11.9 Å². The van der Waals surface area contributed by atoms with Crippen LogP contribution in [0, 0.1) is 0 Å². The third-order valence-electron chi connectivity index (χ3n) is 1.74. The van der Waals surface area contributed by atoms with E-state index in [1.165, 1.54) is 0 Å². The maximum Gasteiger partial charge on any atom is 0.470 e. The Bertz CT molecular complexity index is 293. The van der Waals surface area contributed by atoms with E-state index in [9.17, 15) is 13.2 Å². The summed E-state index contributed by atoms with van der Waals surface area (Å²) >= 11 is 0. The molecule has 0 aliphatic carbocycles. The first-order valence-corrected chi connectivity index (χ1v) is 4.07. The molecule has 0 aliphatic rings. The Hall–Kier alpha value is -1.11. The van der Waals surface area contributed by atoms with Crippen LogP contribution >= 0.6 is 0 Å². The predicted molar refractivity (Wildman–Crippen MR) is 41.4 cm³/mol. The molecule has 0 bridgehead atoms. The third-order valence-corrected chi connectivity index (χ3v) is 1.74. The maximum atomic E-state index is 12.1. The first-order valence-electron chi connectivity index (χ1n) is 4.07. The fourth-order valence-electron chi connectivity index (χ4n) is 0.992. The van der Waals surface area contributed by atoms with Crippen LogP contribution in [0.2, 0.25) is 0 Å². The zero-order valence-electron chi connectivity index (χ0n) is 7.72. The molecule has 1 unspecified atom stereocenters. The molecule has 7 heteroatoms. The highest BCUT2D eigenvalue weighted by Gasteiger charge is 2.38. The summed E-state index contributed by atoms with van der Waals surface area (Å²) in [6.07, 6.45) is -3.99. The molecule has 1 N–H and O–H groups in total. The van der Waals surface area contributed by atoms with Gasteiger partial charge in [0, 0.05) is 0 Å². The summed E-state index contributed by atoms with van der Waals surface area (Å²) in [4.78, 5) is 0. The molecule has 1 rings (SSSR count). The number of nitrogens with one attached hydrogen (secondary N) is 1.